The molecule has 5 nitrogen and oxygen atoms in total. The largest absolute Gasteiger partial charge is 0.494 e. The molecule has 0 aliphatic carbocycles. The highest BCUT2D eigenvalue weighted by molar-refractivity contribution is 5.97. The van der Waals surface area contributed by atoms with Crippen molar-refractivity contribution in [2.75, 3.05) is 26.4 Å². The lowest BCUT2D eigenvalue weighted by molar-refractivity contribution is 0.0854. The van der Waals surface area contributed by atoms with E-state index in [1.807, 2.05) is 13.8 Å². The molecule has 2 rings (SSSR count). The Balaban J connectivity index is 2.03. The van der Waals surface area contributed by atoms with Crippen molar-refractivity contribution >= 4 is 5.91 Å². The first-order valence-corrected chi connectivity index (χ1v) is 7.54. The van der Waals surface area contributed by atoms with Crippen LogP contribution in [0.2, 0.25) is 0 Å². The van der Waals surface area contributed by atoms with Crippen LogP contribution in [0, 0.1) is 0 Å². The lowest BCUT2D eigenvalue weighted by Gasteiger charge is -2.14. The molecule has 0 unspecified atom stereocenters. The minimum Gasteiger partial charge on any atom is -0.494 e. The summed E-state index contributed by atoms with van der Waals surface area (Å²) in [5, 5.41) is 2.91. The highest BCUT2D eigenvalue weighted by atomic mass is 16.5. The first-order valence-electron chi connectivity index (χ1n) is 7.54. The van der Waals surface area contributed by atoms with E-state index in [9.17, 15) is 4.79 Å². The molecule has 5 heteroatoms. The molecule has 1 fully saturated rings. The maximum atomic E-state index is 12.3. The molecule has 1 aliphatic heterocycles. The number of hydrogen-bond acceptors (Lipinski definition) is 4. The van der Waals surface area contributed by atoms with E-state index in [2.05, 4.69) is 5.32 Å². The van der Waals surface area contributed by atoms with Crippen molar-refractivity contribution in [2.45, 2.75) is 32.8 Å². The second-order valence-corrected chi connectivity index (χ2v) is 4.87. The summed E-state index contributed by atoms with van der Waals surface area (Å²) in [6, 6.07) is 5.28. The van der Waals surface area contributed by atoms with Gasteiger partial charge in [0.2, 0.25) is 0 Å². The monoisotopic (exact) mass is 293 g/mol. The van der Waals surface area contributed by atoms with Crippen molar-refractivity contribution in [3.63, 3.8) is 0 Å². The first kappa shape index (κ1) is 15.6. The van der Waals surface area contributed by atoms with Gasteiger partial charge in [0, 0.05) is 19.2 Å². The maximum absolute atomic E-state index is 12.3. The number of benzene rings is 1. The minimum atomic E-state index is -0.142. The summed E-state index contributed by atoms with van der Waals surface area (Å²) >= 11 is 0. The minimum absolute atomic E-state index is 0.132. The van der Waals surface area contributed by atoms with Crippen molar-refractivity contribution < 1.29 is 19.0 Å². The topological polar surface area (TPSA) is 56.8 Å². The van der Waals surface area contributed by atoms with Gasteiger partial charge in [-0.2, -0.15) is 0 Å². The Morgan fingerprint density at radius 3 is 2.81 bits per heavy atom. The van der Waals surface area contributed by atoms with Crippen LogP contribution >= 0.6 is 0 Å². The van der Waals surface area contributed by atoms with Gasteiger partial charge in [-0.25, -0.2) is 0 Å². The van der Waals surface area contributed by atoms with Crippen molar-refractivity contribution in [1.29, 1.82) is 0 Å². The molecule has 1 amide bonds. The summed E-state index contributed by atoms with van der Waals surface area (Å²) in [7, 11) is 0. The number of nitrogens with one attached hydrogen (secondary N) is 1. The molecular formula is C16H23NO4. The van der Waals surface area contributed by atoms with Crippen molar-refractivity contribution in [3.8, 4) is 11.5 Å². The molecule has 1 aromatic rings. The zero-order valence-electron chi connectivity index (χ0n) is 12.7. The van der Waals surface area contributed by atoms with E-state index in [4.69, 9.17) is 14.2 Å². The fourth-order valence-electron chi connectivity index (χ4n) is 2.33. The molecule has 1 aromatic carbocycles. The standard InChI is InChI=1S/C16H23NO4/c1-3-19-12-7-8-14(15(10-12)20-4-2)16(18)17-11-13-6-5-9-21-13/h7-8,10,13H,3-6,9,11H2,1-2H3,(H,17,18)/t13-/m0/s1. The Labute approximate surface area is 125 Å². The van der Waals surface area contributed by atoms with Gasteiger partial charge in [0.25, 0.3) is 5.91 Å². The molecule has 0 aromatic heterocycles. The molecule has 0 radical (unpaired) electrons. The van der Waals surface area contributed by atoms with E-state index in [-0.39, 0.29) is 12.0 Å². The fourth-order valence-corrected chi connectivity index (χ4v) is 2.33. The molecule has 116 valence electrons. The van der Waals surface area contributed by atoms with Crippen LogP contribution in [0.15, 0.2) is 18.2 Å². The maximum Gasteiger partial charge on any atom is 0.255 e. The second-order valence-electron chi connectivity index (χ2n) is 4.87. The third kappa shape index (κ3) is 4.36. The Bertz CT molecular complexity index is 469. The van der Waals surface area contributed by atoms with Crippen LogP contribution in [0.3, 0.4) is 0 Å². The Morgan fingerprint density at radius 2 is 2.14 bits per heavy atom. The van der Waals surface area contributed by atoms with Gasteiger partial charge >= 0.3 is 0 Å². The summed E-state index contributed by atoms with van der Waals surface area (Å²) in [5.74, 6) is 1.11. The summed E-state index contributed by atoms with van der Waals surface area (Å²) in [5.41, 5.74) is 0.526. The summed E-state index contributed by atoms with van der Waals surface area (Å²) in [6.45, 7) is 6.22. The van der Waals surface area contributed by atoms with Gasteiger partial charge in [0.05, 0.1) is 24.9 Å². The Morgan fingerprint density at radius 1 is 1.33 bits per heavy atom. The molecule has 0 saturated carbocycles. The molecule has 0 spiro atoms. The van der Waals surface area contributed by atoms with Crippen LogP contribution in [0.25, 0.3) is 0 Å². The average molecular weight is 293 g/mol. The highest BCUT2D eigenvalue weighted by Gasteiger charge is 2.18. The van der Waals surface area contributed by atoms with Gasteiger partial charge in [0.1, 0.15) is 11.5 Å². The lowest BCUT2D eigenvalue weighted by atomic mass is 10.1. The van der Waals surface area contributed by atoms with Crippen LogP contribution in [0.4, 0.5) is 0 Å². The van der Waals surface area contributed by atoms with Crippen molar-refractivity contribution in [2.24, 2.45) is 0 Å². The number of rotatable bonds is 7. The van der Waals surface area contributed by atoms with E-state index in [1.165, 1.54) is 0 Å². The van der Waals surface area contributed by atoms with Gasteiger partial charge in [-0.3, -0.25) is 4.79 Å². The number of ether oxygens (including phenoxy) is 3. The summed E-state index contributed by atoms with van der Waals surface area (Å²) in [4.78, 5) is 12.3. The van der Waals surface area contributed by atoms with Gasteiger partial charge < -0.3 is 19.5 Å². The molecule has 1 saturated heterocycles. The van der Waals surface area contributed by atoms with Crippen molar-refractivity contribution in [3.05, 3.63) is 23.8 Å². The van der Waals surface area contributed by atoms with Crippen LogP contribution in [0.1, 0.15) is 37.0 Å². The SMILES string of the molecule is CCOc1ccc(C(=O)NC[C@@H]2CCCO2)c(OCC)c1. The molecule has 0 bridgehead atoms. The molecule has 1 aliphatic rings. The number of hydrogen-bond donors (Lipinski definition) is 1. The number of amides is 1. The quantitative estimate of drug-likeness (QED) is 0.838. The number of carbonyl (C=O) groups excluding carboxylic acids is 1. The average Bonchev–Trinajstić information content (AvgIpc) is 2.99. The Hall–Kier alpha value is -1.75. The van der Waals surface area contributed by atoms with E-state index < -0.39 is 0 Å². The predicted molar refractivity (Wildman–Crippen MR) is 80.1 cm³/mol. The molecular weight excluding hydrogens is 270 g/mol. The highest BCUT2D eigenvalue weighted by Crippen LogP contribution is 2.25. The van der Waals surface area contributed by atoms with E-state index in [1.54, 1.807) is 18.2 Å². The van der Waals surface area contributed by atoms with Crippen molar-refractivity contribution in [1.82, 2.24) is 5.32 Å². The third-order valence-corrected chi connectivity index (χ3v) is 3.32. The van der Waals surface area contributed by atoms with Gasteiger partial charge in [-0.15, -0.1) is 0 Å². The molecule has 1 atom stereocenters. The van der Waals surface area contributed by atoms with Crippen LogP contribution in [-0.2, 0) is 4.74 Å². The molecule has 21 heavy (non-hydrogen) atoms. The summed E-state index contributed by atoms with van der Waals surface area (Å²) in [6.07, 6.45) is 2.20. The van der Waals surface area contributed by atoms with Crippen LogP contribution < -0.4 is 14.8 Å². The Kier molecular flexibility index (Phi) is 5.87. The van der Waals surface area contributed by atoms with E-state index >= 15 is 0 Å². The van der Waals surface area contributed by atoms with Crippen LogP contribution in [-0.4, -0.2) is 38.4 Å². The smallest absolute Gasteiger partial charge is 0.255 e. The zero-order valence-corrected chi connectivity index (χ0v) is 12.7. The zero-order chi connectivity index (χ0) is 15.1. The number of carbonyl (C=O) groups is 1. The normalized spacial score (nSPS) is 17.5. The van der Waals surface area contributed by atoms with E-state index in [0.717, 1.165) is 19.4 Å². The van der Waals surface area contributed by atoms with Gasteiger partial charge in [0.15, 0.2) is 0 Å². The lowest BCUT2D eigenvalue weighted by Crippen LogP contribution is -2.32. The molecule has 1 heterocycles. The molecule has 1 N–H and O–H groups in total. The third-order valence-electron chi connectivity index (χ3n) is 3.32. The second kappa shape index (κ2) is 7.88. The van der Waals surface area contributed by atoms with Crippen LogP contribution in [0.5, 0.6) is 11.5 Å². The predicted octanol–water partition coefficient (Wildman–Crippen LogP) is 2.39. The van der Waals surface area contributed by atoms with Gasteiger partial charge in [-0.05, 0) is 38.8 Å². The first-order chi connectivity index (χ1) is 10.2. The fraction of sp³-hybridized carbons (Fsp3) is 0.562. The summed E-state index contributed by atoms with van der Waals surface area (Å²) < 4.78 is 16.5. The van der Waals surface area contributed by atoms with Gasteiger partial charge in [-0.1, -0.05) is 0 Å². The van der Waals surface area contributed by atoms with E-state index in [0.29, 0.717) is 36.8 Å².